The van der Waals surface area contributed by atoms with Gasteiger partial charge in [0.15, 0.2) is 0 Å². The van der Waals surface area contributed by atoms with E-state index in [4.69, 9.17) is 9.47 Å². The molecule has 0 spiro atoms. The average Bonchev–Trinajstić information content (AvgIpc) is 3.00. The van der Waals surface area contributed by atoms with Crippen LogP contribution in [0.5, 0.6) is 5.75 Å². The summed E-state index contributed by atoms with van der Waals surface area (Å²) in [5, 5.41) is 2.85. The molecule has 2 heterocycles. The molecular weight excluding hydrogens is 316 g/mol. The van der Waals surface area contributed by atoms with Crippen molar-refractivity contribution in [3.8, 4) is 5.75 Å². The summed E-state index contributed by atoms with van der Waals surface area (Å²) in [5.74, 6) is 1.80. The molecule has 2 saturated heterocycles. The van der Waals surface area contributed by atoms with E-state index in [2.05, 4.69) is 17.1 Å². The minimum Gasteiger partial charge on any atom is -0.495 e. The van der Waals surface area contributed by atoms with Gasteiger partial charge in [-0.15, -0.1) is 0 Å². The van der Waals surface area contributed by atoms with Gasteiger partial charge in [0.2, 0.25) is 0 Å². The van der Waals surface area contributed by atoms with Crippen LogP contribution in [0.15, 0.2) is 24.3 Å². The SMILES string of the molecule is COc1ccccc1NC(=O)OC1CC2CC1[C@H]1CCCCN1[C@H]2C. The molecule has 1 amide bonds. The van der Waals surface area contributed by atoms with Crippen LogP contribution in [0.3, 0.4) is 0 Å². The number of nitrogens with zero attached hydrogens (tertiary/aromatic N) is 1. The summed E-state index contributed by atoms with van der Waals surface area (Å²) >= 11 is 0. The molecule has 1 saturated carbocycles. The highest BCUT2D eigenvalue weighted by Crippen LogP contribution is 2.48. The monoisotopic (exact) mass is 344 g/mol. The third kappa shape index (κ3) is 3.10. The molecule has 1 aliphatic carbocycles. The maximum atomic E-state index is 12.5. The first kappa shape index (κ1) is 16.7. The molecule has 3 unspecified atom stereocenters. The Kier molecular flexibility index (Phi) is 4.59. The van der Waals surface area contributed by atoms with Crippen LogP contribution in [-0.4, -0.2) is 42.8 Å². The zero-order valence-corrected chi connectivity index (χ0v) is 15.1. The normalized spacial score (nSPS) is 34.2. The van der Waals surface area contributed by atoms with E-state index < -0.39 is 0 Å². The smallest absolute Gasteiger partial charge is 0.412 e. The van der Waals surface area contributed by atoms with Crippen LogP contribution in [0, 0.1) is 11.8 Å². The van der Waals surface area contributed by atoms with Crippen molar-refractivity contribution >= 4 is 11.8 Å². The summed E-state index contributed by atoms with van der Waals surface area (Å²) in [6.07, 6.45) is 5.73. The Bertz CT molecular complexity index is 635. The number of ether oxygens (including phenoxy) is 2. The second-order valence-electron chi connectivity index (χ2n) is 7.71. The van der Waals surface area contributed by atoms with Gasteiger partial charge in [-0.2, -0.15) is 0 Å². The Morgan fingerprint density at radius 3 is 2.92 bits per heavy atom. The van der Waals surface area contributed by atoms with Crippen molar-refractivity contribution in [3.05, 3.63) is 24.3 Å². The quantitative estimate of drug-likeness (QED) is 0.904. The van der Waals surface area contributed by atoms with Crippen LogP contribution in [0.2, 0.25) is 0 Å². The minimum atomic E-state index is -0.364. The summed E-state index contributed by atoms with van der Waals surface area (Å²) in [4.78, 5) is 15.1. The Balaban J connectivity index is 1.43. The molecule has 1 N–H and O–H groups in total. The van der Waals surface area contributed by atoms with Crippen molar-refractivity contribution in [2.24, 2.45) is 11.8 Å². The van der Waals surface area contributed by atoms with Gasteiger partial charge in [-0.3, -0.25) is 10.2 Å². The van der Waals surface area contributed by atoms with Crippen molar-refractivity contribution in [2.45, 2.75) is 57.2 Å². The van der Waals surface area contributed by atoms with Gasteiger partial charge in [-0.25, -0.2) is 4.79 Å². The number of nitrogens with one attached hydrogen (secondary N) is 1. The molecule has 2 aliphatic heterocycles. The lowest BCUT2D eigenvalue weighted by Crippen LogP contribution is -2.54. The molecule has 25 heavy (non-hydrogen) atoms. The summed E-state index contributed by atoms with van der Waals surface area (Å²) in [6, 6.07) is 8.63. The number of para-hydroxylation sites is 2. The molecule has 1 aromatic carbocycles. The van der Waals surface area contributed by atoms with E-state index in [0.29, 0.717) is 35.4 Å². The van der Waals surface area contributed by atoms with Crippen LogP contribution in [-0.2, 0) is 4.74 Å². The highest BCUT2D eigenvalue weighted by molar-refractivity contribution is 5.86. The Hall–Kier alpha value is -1.75. The van der Waals surface area contributed by atoms with Gasteiger partial charge >= 0.3 is 6.09 Å². The number of hydrogen-bond acceptors (Lipinski definition) is 4. The number of amides is 1. The molecule has 5 heteroatoms. The fourth-order valence-electron chi connectivity index (χ4n) is 5.25. The molecule has 136 valence electrons. The van der Waals surface area contributed by atoms with E-state index in [-0.39, 0.29) is 12.2 Å². The summed E-state index contributed by atoms with van der Waals surface area (Å²) in [6.45, 7) is 3.56. The van der Waals surface area contributed by atoms with Gasteiger partial charge in [0.1, 0.15) is 11.9 Å². The van der Waals surface area contributed by atoms with Gasteiger partial charge in [-0.1, -0.05) is 18.6 Å². The third-order valence-corrected chi connectivity index (χ3v) is 6.48. The fraction of sp³-hybridized carbons (Fsp3) is 0.650. The van der Waals surface area contributed by atoms with Gasteiger partial charge < -0.3 is 9.47 Å². The number of fused-ring (bicyclic) bond motifs is 4. The predicted molar refractivity (Wildman–Crippen MR) is 96.9 cm³/mol. The molecule has 5 nitrogen and oxygen atoms in total. The number of methoxy groups -OCH3 is 1. The molecule has 0 aromatic heterocycles. The number of piperidine rings is 2. The van der Waals surface area contributed by atoms with E-state index in [1.165, 1.54) is 32.2 Å². The lowest BCUT2D eigenvalue weighted by molar-refractivity contribution is -0.00871. The molecule has 0 radical (unpaired) electrons. The Labute approximate surface area is 149 Å². The molecule has 4 rings (SSSR count). The highest BCUT2D eigenvalue weighted by atomic mass is 16.6. The van der Waals surface area contributed by atoms with E-state index in [1.54, 1.807) is 7.11 Å². The Morgan fingerprint density at radius 2 is 2.08 bits per heavy atom. The van der Waals surface area contributed by atoms with Gasteiger partial charge in [-0.05, 0) is 57.2 Å². The van der Waals surface area contributed by atoms with Crippen LogP contribution in [0.25, 0.3) is 0 Å². The molecule has 1 aromatic rings. The van der Waals surface area contributed by atoms with Crippen molar-refractivity contribution < 1.29 is 14.3 Å². The van der Waals surface area contributed by atoms with Crippen LogP contribution >= 0.6 is 0 Å². The standard InChI is InChI=1S/C20H28N2O3/c1-13-14-11-15(17-8-5-6-10-22(13)17)19(12-14)25-20(23)21-16-7-3-4-9-18(16)24-2/h3-4,7,9,13-15,17,19H,5-6,8,10-12H2,1-2H3,(H,21,23)/t13-,14?,15?,17+,19?/m0/s1. The first-order valence-electron chi connectivity index (χ1n) is 9.53. The number of benzene rings is 1. The highest BCUT2D eigenvalue weighted by Gasteiger charge is 2.51. The maximum Gasteiger partial charge on any atom is 0.412 e. The fourth-order valence-corrected chi connectivity index (χ4v) is 5.25. The number of carbonyl (C=O) groups is 1. The van der Waals surface area contributed by atoms with Gasteiger partial charge in [0.05, 0.1) is 12.8 Å². The molecule has 3 aliphatic rings. The maximum absolute atomic E-state index is 12.5. The van der Waals surface area contributed by atoms with E-state index >= 15 is 0 Å². The van der Waals surface area contributed by atoms with E-state index in [0.717, 1.165) is 6.42 Å². The zero-order chi connectivity index (χ0) is 17.4. The summed E-state index contributed by atoms with van der Waals surface area (Å²) in [7, 11) is 1.60. The number of carbonyl (C=O) groups excluding carboxylic acids is 1. The lowest BCUT2D eigenvalue weighted by atomic mass is 9.81. The third-order valence-electron chi connectivity index (χ3n) is 6.48. The number of anilines is 1. The zero-order valence-electron chi connectivity index (χ0n) is 15.1. The predicted octanol–water partition coefficient (Wildman–Crippen LogP) is 3.90. The van der Waals surface area contributed by atoms with Gasteiger partial charge in [0, 0.05) is 18.0 Å². The number of hydrogen-bond donors (Lipinski definition) is 1. The summed E-state index contributed by atoms with van der Waals surface area (Å²) < 4.78 is 11.2. The van der Waals surface area contributed by atoms with Crippen LogP contribution in [0.1, 0.15) is 39.0 Å². The molecule has 2 bridgehead atoms. The minimum absolute atomic E-state index is 0.0373. The summed E-state index contributed by atoms with van der Waals surface area (Å²) in [5.41, 5.74) is 0.656. The largest absolute Gasteiger partial charge is 0.495 e. The van der Waals surface area contributed by atoms with Crippen molar-refractivity contribution in [3.63, 3.8) is 0 Å². The first-order chi connectivity index (χ1) is 12.2. The van der Waals surface area contributed by atoms with Crippen molar-refractivity contribution in [1.29, 1.82) is 0 Å². The molecular formula is C20H28N2O3. The van der Waals surface area contributed by atoms with Gasteiger partial charge in [0.25, 0.3) is 0 Å². The first-order valence-corrected chi connectivity index (χ1v) is 9.53. The molecule has 5 atom stereocenters. The second kappa shape index (κ2) is 6.87. The van der Waals surface area contributed by atoms with Crippen LogP contribution in [0.4, 0.5) is 10.5 Å². The Morgan fingerprint density at radius 1 is 1.24 bits per heavy atom. The lowest BCUT2D eigenvalue weighted by Gasteiger charge is -2.47. The number of rotatable bonds is 3. The van der Waals surface area contributed by atoms with E-state index in [9.17, 15) is 4.79 Å². The van der Waals surface area contributed by atoms with E-state index in [1.807, 2.05) is 24.3 Å². The molecule has 3 fully saturated rings. The average molecular weight is 344 g/mol. The van der Waals surface area contributed by atoms with Crippen LogP contribution < -0.4 is 10.1 Å². The van der Waals surface area contributed by atoms with Crippen molar-refractivity contribution in [1.82, 2.24) is 4.90 Å². The van der Waals surface area contributed by atoms with Crippen molar-refractivity contribution in [2.75, 3.05) is 19.0 Å². The second-order valence-corrected chi connectivity index (χ2v) is 7.71. The topological polar surface area (TPSA) is 50.8 Å².